The number of Topliss-reactive ketones (excluding diaryl/α,β-unsaturated/α-hetero) is 1. The smallest absolute Gasteiger partial charge is 0.265 e. The van der Waals surface area contributed by atoms with Gasteiger partial charge in [-0.1, -0.05) is 24.3 Å². The second-order valence-corrected chi connectivity index (χ2v) is 5.86. The zero-order chi connectivity index (χ0) is 19.1. The zero-order valence-corrected chi connectivity index (χ0v) is 15.2. The second kappa shape index (κ2) is 8.85. The van der Waals surface area contributed by atoms with Crippen LogP contribution in [0.25, 0.3) is 0 Å². The van der Waals surface area contributed by atoms with Gasteiger partial charge in [-0.2, -0.15) is 0 Å². The highest BCUT2D eigenvalue weighted by molar-refractivity contribution is 5.98. The largest absolute Gasteiger partial charge is 0.493 e. The number of hydrogen-bond donors (Lipinski definition) is 1. The Morgan fingerprint density at radius 3 is 2.62 bits per heavy atom. The van der Waals surface area contributed by atoms with Crippen molar-refractivity contribution in [3.63, 3.8) is 0 Å². The topological polar surface area (TPSA) is 64.6 Å². The van der Waals surface area contributed by atoms with E-state index >= 15 is 0 Å². The van der Waals surface area contributed by atoms with Crippen LogP contribution in [-0.2, 0) is 11.2 Å². The average Bonchev–Trinajstić information content (AvgIpc) is 2.63. The Balaban J connectivity index is 2.08. The summed E-state index contributed by atoms with van der Waals surface area (Å²) >= 11 is 0. The number of ether oxygens (including phenoxy) is 2. The molecule has 0 fully saturated rings. The first-order valence-corrected chi connectivity index (χ1v) is 8.31. The molecule has 1 unspecified atom stereocenters. The number of rotatable bonds is 8. The number of carbonyl (C=O) groups excluding carboxylic acids is 2. The first kappa shape index (κ1) is 19.2. The SMILES string of the molecule is C=CCc1ccc(OC(C)C(=O)Nc2cccc(C(C)=O)c2)c(OC)c1. The molecule has 136 valence electrons. The fraction of sp³-hybridized carbons (Fsp3) is 0.238. The molecule has 1 N–H and O–H groups in total. The van der Waals surface area contributed by atoms with Crippen LogP contribution in [0, 0.1) is 0 Å². The van der Waals surface area contributed by atoms with Gasteiger partial charge in [-0.05, 0) is 50.1 Å². The fourth-order valence-corrected chi connectivity index (χ4v) is 2.41. The average molecular weight is 353 g/mol. The van der Waals surface area contributed by atoms with Crippen LogP contribution in [0.5, 0.6) is 11.5 Å². The number of anilines is 1. The van der Waals surface area contributed by atoms with Crippen LogP contribution in [0.4, 0.5) is 5.69 Å². The van der Waals surface area contributed by atoms with Crippen LogP contribution in [0.15, 0.2) is 55.1 Å². The van der Waals surface area contributed by atoms with E-state index in [9.17, 15) is 9.59 Å². The molecule has 0 aliphatic carbocycles. The van der Waals surface area contributed by atoms with Gasteiger partial charge in [0.05, 0.1) is 7.11 Å². The van der Waals surface area contributed by atoms with Gasteiger partial charge in [-0.25, -0.2) is 0 Å². The highest BCUT2D eigenvalue weighted by Gasteiger charge is 2.17. The lowest BCUT2D eigenvalue weighted by Gasteiger charge is -2.17. The van der Waals surface area contributed by atoms with Crippen LogP contribution in [0.2, 0.25) is 0 Å². The van der Waals surface area contributed by atoms with Crippen molar-refractivity contribution in [2.24, 2.45) is 0 Å². The third kappa shape index (κ3) is 4.96. The van der Waals surface area contributed by atoms with E-state index in [2.05, 4.69) is 11.9 Å². The van der Waals surface area contributed by atoms with Crippen LogP contribution in [0.1, 0.15) is 29.8 Å². The number of ketones is 1. The minimum Gasteiger partial charge on any atom is -0.493 e. The van der Waals surface area contributed by atoms with Crippen molar-refractivity contribution >= 4 is 17.4 Å². The molecule has 0 aliphatic rings. The predicted molar refractivity (Wildman–Crippen MR) is 102 cm³/mol. The molecule has 0 saturated carbocycles. The fourth-order valence-electron chi connectivity index (χ4n) is 2.41. The maximum Gasteiger partial charge on any atom is 0.265 e. The minimum absolute atomic E-state index is 0.0604. The molecule has 1 atom stereocenters. The van der Waals surface area contributed by atoms with E-state index in [0.717, 1.165) is 12.0 Å². The van der Waals surface area contributed by atoms with Gasteiger partial charge >= 0.3 is 0 Å². The van der Waals surface area contributed by atoms with E-state index in [1.807, 2.05) is 12.1 Å². The molecule has 5 nitrogen and oxygen atoms in total. The van der Waals surface area contributed by atoms with E-state index in [1.54, 1.807) is 50.4 Å². The molecule has 0 aliphatic heterocycles. The summed E-state index contributed by atoms with van der Waals surface area (Å²) in [5.74, 6) is 0.667. The highest BCUT2D eigenvalue weighted by atomic mass is 16.5. The maximum absolute atomic E-state index is 12.4. The van der Waals surface area contributed by atoms with Gasteiger partial charge in [-0.15, -0.1) is 6.58 Å². The molecule has 1 amide bonds. The Hall–Kier alpha value is -3.08. The molecule has 0 saturated heterocycles. The van der Waals surface area contributed by atoms with E-state index in [0.29, 0.717) is 22.7 Å². The van der Waals surface area contributed by atoms with Crippen LogP contribution < -0.4 is 14.8 Å². The zero-order valence-electron chi connectivity index (χ0n) is 15.2. The van der Waals surface area contributed by atoms with Crippen molar-refractivity contribution < 1.29 is 19.1 Å². The molecule has 0 bridgehead atoms. The number of allylic oxidation sites excluding steroid dienone is 1. The number of hydrogen-bond acceptors (Lipinski definition) is 4. The summed E-state index contributed by atoms with van der Waals surface area (Å²) in [4.78, 5) is 23.8. The number of carbonyl (C=O) groups is 2. The normalized spacial score (nSPS) is 11.3. The van der Waals surface area contributed by atoms with Gasteiger partial charge in [0.25, 0.3) is 5.91 Å². The Morgan fingerprint density at radius 1 is 1.19 bits per heavy atom. The summed E-state index contributed by atoms with van der Waals surface area (Å²) in [6, 6.07) is 12.3. The van der Waals surface area contributed by atoms with Crippen LogP contribution >= 0.6 is 0 Å². The summed E-state index contributed by atoms with van der Waals surface area (Å²) in [5.41, 5.74) is 2.13. The van der Waals surface area contributed by atoms with Gasteiger partial charge in [0.2, 0.25) is 0 Å². The lowest BCUT2D eigenvalue weighted by molar-refractivity contribution is -0.122. The monoisotopic (exact) mass is 353 g/mol. The quantitative estimate of drug-likeness (QED) is 0.575. The number of methoxy groups -OCH3 is 1. The van der Waals surface area contributed by atoms with Gasteiger partial charge in [0.15, 0.2) is 23.4 Å². The molecular formula is C21H23NO4. The van der Waals surface area contributed by atoms with E-state index in [4.69, 9.17) is 9.47 Å². The van der Waals surface area contributed by atoms with Crippen molar-refractivity contribution in [2.75, 3.05) is 12.4 Å². The standard InChI is InChI=1S/C21H23NO4/c1-5-7-16-10-11-19(20(12-16)25-4)26-15(3)21(24)22-18-9-6-8-17(13-18)14(2)23/h5-6,8-13,15H,1,7H2,2-4H3,(H,22,24). The molecule has 0 spiro atoms. The molecule has 2 aromatic rings. The third-order valence-corrected chi connectivity index (χ3v) is 3.82. The molecule has 5 heteroatoms. The second-order valence-electron chi connectivity index (χ2n) is 5.86. The van der Waals surface area contributed by atoms with E-state index in [-0.39, 0.29) is 11.7 Å². The molecule has 0 aromatic heterocycles. The first-order valence-electron chi connectivity index (χ1n) is 8.31. The Morgan fingerprint density at radius 2 is 1.96 bits per heavy atom. The summed E-state index contributed by atoms with van der Waals surface area (Å²) in [6.45, 7) is 6.85. The summed E-state index contributed by atoms with van der Waals surface area (Å²) < 4.78 is 11.1. The lowest BCUT2D eigenvalue weighted by Crippen LogP contribution is -2.30. The Kier molecular flexibility index (Phi) is 6.55. The van der Waals surface area contributed by atoms with Crippen molar-refractivity contribution in [1.82, 2.24) is 0 Å². The van der Waals surface area contributed by atoms with Crippen molar-refractivity contribution in [2.45, 2.75) is 26.4 Å². The van der Waals surface area contributed by atoms with Crippen LogP contribution in [-0.4, -0.2) is 24.9 Å². The minimum atomic E-state index is -0.741. The molecular weight excluding hydrogens is 330 g/mol. The first-order chi connectivity index (χ1) is 12.4. The summed E-state index contributed by atoms with van der Waals surface area (Å²) in [7, 11) is 1.55. The molecule has 0 heterocycles. The van der Waals surface area contributed by atoms with Crippen molar-refractivity contribution in [1.29, 1.82) is 0 Å². The Bertz CT molecular complexity index is 813. The van der Waals surface area contributed by atoms with Gasteiger partial charge < -0.3 is 14.8 Å². The number of nitrogens with one attached hydrogen (secondary N) is 1. The highest BCUT2D eigenvalue weighted by Crippen LogP contribution is 2.29. The number of amides is 1. The molecule has 0 radical (unpaired) electrons. The molecule has 26 heavy (non-hydrogen) atoms. The van der Waals surface area contributed by atoms with E-state index in [1.165, 1.54) is 6.92 Å². The lowest BCUT2D eigenvalue weighted by atomic mass is 10.1. The van der Waals surface area contributed by atoms with Gasteiger partial charge in [0.1, 0.15) is 0 Å². The maximum atomic E-state index is 12.4. The van der Waals surface area contributed by atoms with Crippen molar-refractivity contribution in [3.8, 4) is 11.5 Å². The van der Waals surface area contributed by atoms with Gasteiger partial charge in [-0.3, -0.25) is 9.59 Å². The van der Waals surface area contributed by atoms with E-state index < -0.39 is 6.10 Å². The molecule has 2 rings (SSSR count). The van der Waals surface area contributed by atoms with Gasteiger partial charge in [0, 0.05) is 11.3 Å². The Labute approximate surface area is 153 Å². The van der Waals surface area contributed by atoms with Crippen LogP contribution in [0.3, 0.4) is 0 Å². The summed E-state index contributed by atoms with van der Waals surface area (Å²) in [6.07, 6.45) is 1.79. The summed E-state index contributed by atoms with van der Waals surface area (Å²) in [5, 5.41) is 2.76. The third-order valence-electron chi connectivity index (χ3n) is 3.82. The molecule has 2 aromatic carbocycles. The number of benzene rings is 2. The van der Waals surface area contributed by atoms with Crippen molar-refractivity contribution in [3.05, 3.63) is 66.2 Å². The predicted octanol–water partition coefficient (Wildman–Crippen LogP) is 4.03.